The second-order valence-electron chi connectivity index (χ2n) is 8.47. The number of pyridine rings is 1. The largest absolute Gasteiger partial charge is 0.302 e. The predicted molar refractivity (Wildman–Crippen MR) is 131 cm³/mol. The zero-order valence-electron chi connectivity index (χ0n) is 19.0. The third-order valence-electron chi connectivity index (χ3n) is 6.26. The van der Waals surface area contributed by atoms with Gasteiger partial charge in [-0.05, 0) is 31.2 Å². The molecule has 0 aliphatic carbocycles. The lowest BCUT2D eigenvalue weighted by Crippen LogP contribution is -2.48. The van der Waals surface area contributed by atoms with E-state index in [1.807, 2.05) is 42.6 Å². The Morgan fingerprint density at radius 1 is 0.912 bits per heavy atom. The van der Waals surface area contributed by atoms with Crippen molar-refractivity contribution in [3.8, 4) is 11.3 Å². The van der Waals surface area contributed by atoms with Gasteiger partial charge >= 0.3 is 0 Å². The molecular weight excluding hydrogens is 448 g/mol. The lowest BCUT2D eigenvalue weighted by molar-refractivity contribution is 0.101. The summed E-state index contributed by atoms with van der Waals surface area (Å²) in [6.45, 7) is 4.12. The van der Waals surface area contributed by atoms with E-state index in [1.165, 1.54) is 17.3 Å². The summed E-state index contributed by atoms with van der Waals surface area (Å²) in [6.07, 6.45) is 2.02. The molecule has 3 heterocycles. The van der Waals surface area contributed by atoms with E-state index in [0.717, 1.165) is 22.6 Å². The molecule has 174 valence electrons. The van der Waals surface area contributed by atoms with E-state index in [4.69, 9.17) is 4.98 Å². The molecule has 0 saturated carbocycles. The van der Waals surface area contributed by atoms with E-state index in [-0.39, 0.29) is 10.7 Å². The van der Waals surface area contributed by atoms with Crippen LogP contribution in [0.5, 0.6) is 0 Å². The van der Waals surface area contributed by atoms with E-state index in [0.29, 0.717) is 38.3 Å². The highest BCUT2D eigenvalue weighted by Crippen LogP contribution is 2.26. The Hall–Kier alpha value is -3.33. The maximum atomic E-state index is 13.2. The van der Waals surface area contributed by atoms with Gasteiger partial charge in [0.05, 0.1) is 16.3 Å². The van der Waals surface area contributed by atoms with Gasteiger partial charge in [0.1, 0.15) is 5.65 Å². The normalized spacial score (nSPS) is 15.6. The van der Waals surface area contributed by atoms with Crippen LogP contribution in [0.25, 0.3) is 16.9 Å². The van der Waals surface area contributed by atoms with Gasteiger partial charge in [-0.2, -0.15) is 4.31 Å². The molecule has 0 radical (unpaired) electrons. The minimum absolute atomic E-state index is 0.149. The van der Waals surface area contributed by atoms with Crippen LogP contribution in [0.2, 0.25) is 0 Å². The first-order chi connectivity index (χ1) is 16.4. The molecule has 7 nitrogen and oxygen atoms in total. The molecule has 4 aromatic rings. The molecule has 1 fully saturated rings. The summed E-state index contributed by atoms with van der Waals surface area (Å²) in [5.74, 6) is -0.149. The average Bonchev–Trinajstić information content (AvgIpc) is 3.23. The Morgan fingerprint density at radius 3 is 2.38 bits per heavy atom. The standard InChI is InChI=1S/C26H26N4O3S/c1-20(31)22-10-7-11-23(18-22)34(32,33)29-16-14-28(15-17-29)19-24-26(21-8-3-2-4-9-21)27-25-12-5-6-13-30(24)25/h2-13,18H,14-17,19H2,1H3. The first kappa shape index (κ1) is 22.5. The van der Waals surface area contributed by atoms with Crippen LogP contribution in [0.1, 0.15) is 23.0 Å². The molecule has 2 aromatic heterocycles. The molecule has 0 spiro atoms. The summed E-state index contributed by atoms with van der Waals surface area (Å²) in [6, 6.07) is 22.4. The highest BCUT2D eigenvalue weighted by atomic mass is 32.2. The minimum atomic E-state index is -3.65. The number of carbonyl (C=O) groups excluding carboxylic acids is 1. The van der Waals surface area contributed by atoms with E-state index < -0.39 is 10.0 Å². The summed E-state index contributed by atoms with van der Waals surface area (Å²) in [5.41, 5.74) is 4.40. The first-order valence-electron chi connectivity index (χ1n) is 11.3. The number of ketones is 1. The second kappa shape index (κ2) is 9.13. The van der Waals surface area contributed by atoms with Gasteiger partial charge in [0, 0.05) is 50.0 Å². The van der Waals surface area contributed by atoms with Gasteiger partial charge in [-0.3, -0.25) is 9.69 Å². The zero-order chi connectivity index (χ0) is 23.7. The summed E-state index contributed by atoms with van der Waals surface area (Å²) in [4.78, 5) is 19.0. The van der Waals surface area contributed by atoms with Crippen LogP contribution in [0.4, 0.5) is 0 Å². The van der Waals surface area contributed by atoms with E-state index in [2.05, 4.69) is 21.4 Å². The van der Waals surface area contributed by atoms with Crippen LogP contribution in [-0.4, -0.2) is 59.0 Å². The van der Waals surface area contributed by atoms with Gasteiger partial charge in [-0.25, -0.2) is 13.4 Å². The van der Waals surface area contributed by atoms with Crippen molar-refractivity contribution in [1.29, 1.82) is 0 Å². The highest BCUT2D eigenvalue weighted by Gasteiger charge is 2.29. The van der Waals surface area contributed by atoms with E-state index >= 15 is 0 Å². The Kier molecular flexibility index (Phi) is 6.03. The molecule has 5 rings (SSSR count). The number of hydrogen-bond acceptors (Lipinski definition) is 5. The van der Waals surface area contributed by atoms with Crippen molar-refractivity contribution in [3.63, 3.8) is 0 Å². The number of nitrogens with zero attached hydrogens (tertiary/aromatic N) is 4. The number of fused-ring (bicyclic) bond motifs is 1. The van der Waals surface area contributed by atoms with Gasteiger partial charge in [0.15, 0.2) is 5.78 Å². The van der Waals surface area contributed by atoms with E-state index in [1.54, 1.807) is 18.2 Å². The molecule has 0 amide bonds. The Bertz CT molecular complexity index is 1440. The van der Waals surface area contributed by atoms with Crippen molar-refractivity contribution in [1.82, 2.24) is 18.6 Å². The number of piperazine rings is 1. The molecule has 2 aromatic carbocycles. The summed E-state index contributed by atoms with van der Waals surface area (Å²) in [5, 5.41) is 0. The molecule has 0 unspecified atom stereocenters. The lowest BCUT2D eigenvalue weighted by atomic mass is 10.1. The van der Waals surface area contributed by atoms with Gasteiger partial charge in [0.2, 0.25) is 10.0 Å². The molecular formula is C26H26N4O3S. The Balaban J connectivity index is 1.36. The van der Waals surface area contributed by atoms with E-state index in [9.17, 15) is 13.2 Å². The maximum absolute atomic E-state index is 13.2. The SMILES string of the molecule is CC(=O)c1cccc(S(=O)(=O)N2CCN(Cc3c(-c4ccccc4)nc4ccccn34)CC2)c1. The van der Waals surface area contributed by atoms with Crippen LogP contribution >= 0.6 is 0 Å². The predicted octanol–water partition coefficient (Wildman–Crippen LogP) is 3.71. The number of carbonyl (C=O) groups is 1. The van der Waals surface area contributed by atoms with Crippen molar-refractivity contribution >= 4 is 21.5 Å². The Morgan fingerprint density at radius 2 is 1.65 bits per heavy atom. The molecule has 8 heteroatoms. The minimum Gasteiger partial charge on any atom is -0.302 e. The number of aromatic nitrogens is 2. The fraction of sp³-hybridized carbons (Fsp3) is 0.231. The van der Waals surface area contributed by atoms with Gasteiger partial charge in [-0.15, -0.1) is 0 Å². The third kappa shape index (κ3) is 4.27. The van der Waals surface area contributed by atoms with Gasteiger partial charge in [0.25, 0.3) is 0 Å². The summed E-state index contributed by atoms with van der Waals surface area (Å²) < 4.78 is 30.0. The van der Waals surface area contributed by atoms with Crippen LogP contribution < -0.4 is 0 Å². The summed E-state index contributed by atoms with van der Waals surface area (Å²) in [7, 11) is -3.65. The molecule has 1 saturated heterocycles. The number of sulfonamides is 1. The first-order valence-corrected chi connectivity index (χ1v) is 12.7. The van der Waals surface area contributed by atoms with Crippen molar-refractivity contribution in [2.75, 3.05) is 26.2 Å². The Labute approximate surface area is 199 Å². The molecule has 0 N–H and O–H groups in total. The fourth-order valence-electron chi connectivity index (χ4n) is 4.39. The molecule has 0 bridgehead atoms. The molecule has 1 aliphatic rings. The monoisotopic (exact) mass is 474 g/mol. The van der Waals surface area contributed by atoms with Crippen molar-refractivity contribution < 1.29 is 13.2 Å². The molecule has 1 aliphatic heterocycles. The highest BCUT2D eigenvalue weighted by molar-refractivity contribution is 7.89. The fourth-order valence-corrected chi connectivity index (χ4v) is 5.86. The van der Waals surface area contributed by atoms with Crippen molar-refractivity contribution in [3.05, 3.63) is 90.3 Å². The van der Waals surface area contributed by atoms with Crippen LogP contribution in [0.15, 0.2) is 83.9 Å². The topological polar surface area (TPSA) is 75.0 Å². The quantitative estimate of drug-likeness (QED) is 0.398. The number of benzene rings is 2. The second-order valence-corrected chi connectivity index (χ2v) is 10.4. The van der Waals surface area contributed by atoms with Crippen LogP contribution in [0, 0.1) is 0 Å². The summed E-state index contributed by atoms with van der Waals surface area (Å²) >= 11 is 0. The maximum Gasteiger partial charge on any atom is 0.243 e. The zero-order valence-corrected chi connectivity index (χ0v) is 19.8. The number of Topliss-reactive ketones (excluding diaryl/α,β-unsaturated/α-hetero) is 1. The molecule has 0 atom stereocenters. The smallest absolute Gasteiger partial charge is 0.243 e. The molecule has 34 heavy (non-hydrogen) atoms. The number of hydrogen-bond donors (Lipinski definition) is 0. The van der Waals surface area contributed by atoms with Crippen molar-refractivity contribution in [2.24, 2.45) is 0 Å². The number of rotatable bonds is 6. The number of imidazole rings is 1. The average molecular weight is 475 g/mol. The van der Waals surface area contributed by atoms with Crippen molar-refractivity contribution in [2.45, 2.75) is 18.4 Å². The van der Waals surface area contributed by atoms with Gasteiger partial charge < -0.3 is 4.40 Å². The third-order valence-corrected chi connectivity index (χ3v) is 8.15. The lowest BCUT2D eigenvalue weighted by Gasteiger charge is -2.34. The van der Waals surface area contributed by atoms with Gasteiger partial charge in [-0.1, -0.05) is 48.5 Å². The van der Waals surface area contributed by atoms with Crippen LogP contribution in [0.3, 0.4) is 0 Å². The van der Waals surface area contributed by atoms with Crippen LogP contribution in [-0.2, 0) is 16.6 Å².